The lowest BCUT2D eigenvalue weighted by atomic mass is 10.1. The molecule has 0 spiro atoms. The largest absolute Gasteiger partial charge is 0.358 e. The van der Waals surface area contributed by atoms with Gasteiger partial charge in [-0.1, -0.05) is 43.3 Å². The van der Waals surface area contributed by atoms with E-state index in [-0.39, 0.29) is 5.82 Å². The lowest BCUT2D eigenvalue weighted by molar-refractivity contribution is -0.914. The van der Waals surface area contributed by atoms with Crippen LogP contribution in [0.2, 0.25) is 0 Å². The SMILES string of the molecule is CCc1ccc(C[NH+]2CCN(c3ccccc3F)CC2)cc1. The summed E-state index contributed by atoms with van der Waals surface area (Å²) in [5.41, 5.74) is 3.53. The number of nitrogens with zero attached hydrogens (tertiary/aromatic N) is 1. The van der Waals surface area contributed by atoms with Crippen molar-refractivity contribution in [1.29, 1.82) is 0 Å². The summed E-state index contributed by atoms with van der Waals surface area (Å²) in [6.07, 6.45) is 1.09. The van der Waals surface area contributed by atoms with Crippen LogP contribution < -0.4 is 9.80 Å². The summed E-state index contributed by atoms with van der Waals surface area (Å²) < 4.78 is 13.8. The molecule has 22 heavy (non-hydrogen) atoms. The molecule has 0 aliphatic carbocycles. The second kappa shape index (κ2) is 6.93. The first kappa shape index (κ1) is 15.0. The molecule has 116 valence electrons. The van der Waals surface area contributed by atoms with Gasteiger partial charge in [-0.3, -0.25) is 0 Å². The number of aryl methyl sites for hydroxylation is 1. The summed E-state index contributed by atoms with van der Waals surface area (Å²) in [7, 11) is 0. The summed E-state index contributed by atoms with van der Waals surface area (Å²) in [4.78, 5) is 3.75. The van der Waals surface area contributed by atoms with Crippen LogP contribution in [0.1, 0.15) is 18.1 Å². The van der Waals surface area contributed by atoms with Gasteiger partial charge in [0.25, 0.3) is 0 Å². The molecule has 1 fully saturated rings. The molecule has 0 bridgehead atoms. The number of benzene rings is 2. The average molecular weight is 299 g/mol. The van der Waals surface area contributed by atoms with Gasteiger partial charge in [-0.15, -0.1) is 0 Å². The summed E-state index contributed by atoms with van der Waals surface area (Å²) in [6, 6.07) is 16.0. The van der Waals surface area contributed by atoms with Gasteiger partial charge in [-0.2, -0.15) is 0 Å². The van der Waals surface area contributed by atoms with Crippen LogP contribution >= 0.6 is 0 Å². The quantitative estimate of drug-likeness (QED) is 0.910. The third kappa shape index (κ3) is 3.47. The molecule has 3 heteroatoms. The fourth-order valence-corrected chi connectivity index (χ4v) is 3.13. The Morgan fingerprint density at radius 3 is 2.23 bits per heavy atom. The van der Waals surface area contributed by atoms with Crippen LogP contribution in [0.15, 0.2) is 48.5 Å². The minimum absolute atomic E-state index is 0.110. The van der Waals surface area contributed by atoms with Gasteiger partial charge in [-0.25, -0.2) is 4.39 Å². The molecule has 1 aliphatic rings. The number of piperazine rings is 1. The molecule has 1 aliphatic heterocycles. The van der Waals surface area contributed by atoms with Gasteiger partial charge < -0.3 is 9.80 Å². The van der Waals surface area contributed by atoms with Crippen LogP contribution in [0, 0.1) is 5.82 Å². The van der Waals surface area contributed by atoms with Crippen molar-refractivity contribution >= 4 is 5.69 Å². The van der Waals surface area contributed by atoms with Crippen molar-refractivity contribution in [3.63, 3.8) is 0 Å². The maximum Gasteiger partial charge on any atom is 0.146 e. The third-order valence-corrected chi connectivity index (χ3v) is 4.55. The number of quaternary nitrogens is 1. The molecular weight excluding hydrogens is 275 g/mol. The van der Waals surface area contributed by atoms with Gasteiger partial charge >= 0.3 is 0 Å². The number of anilines is 1. The molecule has 0 unspecified atom stereocenters. The Labute approximate surface area is 132 Å². The number of nitrogens with one attached hydrogen (secondary N) is 1. The van der Waals surface area contributed by atoms with Crippen molar-refractivity contribution in [2.24, 2.45) is 0 Å². The fraction of sp³-hybridized carbons (Fsp3) is 0.368. The van der Waals surface area contributed by atoms with Crippen LogP contribution in [0.25, 0.3) is 0 Å². The van der Waals surface area contributed by atoms with Gasteiger partial charge in [0.05, 0.1) is 31.9 Å². The summed E-state index contributed by atoms with van der Waals surface area (Å²) in [5, 5.41) is 0. The Kier molecular flexibility index (Phi) is 4.74. The number of hydrogen-bond acceptors (Lipinski definition) is 1. The summed E-state index contributed by atoms with van der Waals surface area (Å²) in [5.74, 6) is -0.110. The zero-order valence-electron chi connectivity index (χ0n) is 13.2. The maximum atomic E-state index is 13.8. The smallest absolute Gasteiger partial charge is 0.146 e. The van der Waals surface area contributed by atoms with Gasteiger partial charge in [0, 0.05) is 5.56 Å². The molecule has 2 aromatic rings. The highest BCUT2D eigenvalue weighted by Crippen LogP contribution is 2.18. The molecule has 1 N–H and O–H groups in total. The van der Waals surface area contributed by atoms with E-state index in [1.165, 1.54) is 11.1 Å². The number of halogens is 1. The minimum atomic E-state index is -0.110. The number of para-hydroxylation sites is 1. The van der Waals surface area contributed by atoms with E-state index in [1.54, 1.807) is 17.0 Å². The molecule has 0 aromatic heterocycles. The average Bonchev–Trinajstić information content (AvgIpc) is 2.57. The zero-order chi connectivity index (χ0) is 15.4. The third-order valence-electron chi connectivity index (χ3n) is 4.55. The van der Waals surface area contributed by atoms with Crippen molar-refractivity contribution in [2.75, 3.05) is 31.1 Å². The Morgan fingerprint density at radius 2 is 1.59 bits per heavy atom. The molecule has 2 aromatic carbocycles. The summed E-state index contributed by atoms with van der Waals surface area (Å²) >= 11 is 0. The van der Waals surface area contributed by atoms with E-state index in [4.69, 9.17) is 0 Å². The van der Waals surface area contributed by atoms with Gasteiger partial charge in [-0.05, 0) is 24.1 Å². The Bertz CT molecular complexity index is 601. The van der Waals surface area contributed by atoms with Gasteiger partial charge in [0.2, 0.25) is 0 Å². The lowest BCUT2D eigenvalue weighted by Gasteiger charge is -2.33. The zero-order valence-corrected chi connectivity index (χ0v) is 13.2. The molecule has 0 atom stereocenters. The second-order valence-corrected chi connectivity index (χ2v) is 6.04. The fourth-order valence-electron chi connectivity index (χ4n) is 3.13. The second-order valence-electron chi connectivity index (χ2n) is 6.04. The van der Waals surface area contributed by atoms with Crippen molar-refractivity contribution in [3.8, 4) is 0 Å². The first-order valence-corrected chi connectivity index (χ1v) is 8.17. The Hall–Kier alpha value is -1.87. The van der Waals surface area contributed by atoms with Crippen LogP contribution in [-0.2, 0) is 13.0 Å². The highest BCUT2D eigenvalue weighted by atomic mass is 19.1. The molecular formula is C19H24FN2+. The summed E-state index contributed by atoms with van der Waals surface area (Å²) in [6.45, 7) is 7.21. The van der Waals surface area contributed by atoms with E-state index in [9.17, 15) is 4.39 Å². The van der Waals surface area contributed by atoms with Crippen LogP contribution in [0.5, 0.6) is 0 Å². The molecule has 0 radical (unpaired) electrons. The number of hydrogen-bond donors (Lipinski definition) is 1. The van der Waals surface area contributed by atoms with E-state index in [0.717, 1.165) is 44.8 Å². The normalized spacial score (nSPS) is 16.0. The van der Waals surface area contributed by atoms with Crippen LogP contribution in [0.4, 0.5) is 10.1 Å². The minimum Gasteiger partial charge on any atom is -0.358 e. The lowest BCUT2D eigenvalue weighted by Crippen LogP contribution is -3.13. The molecule has 1 saturated heterocycles. The van der Waals surface area contributed by atoms with E-state index in [0.29, 0.717) is 0 Å². The molecule has 0 saturated carbocycles. The monoisotopic (exact) mass is 299 g/mol. The van der Waals surface area contributed by atoms with Crippen molar-refractivity contribution in [2.45, 2.75) is 19.9 Å². The Balaban J connectivity index is 1.56. The van der Waals surface area contributed by atoms with E-state index in [1.807, 2.05) is 12.1 Å². The van der Waals surface area contributed by atoms with Crippen molar-refractivity contribution in [1.82, 2.24) is 0 Å². The topological polar surface area (TPSA) is 7.68 Å². The predicted molar refractivity (Wildman–Crippen MR) is 88.8 cm³/mol. The standard InChI is InChI=1S/C19H23FN2/c1-2-16-7-9-17(10-8-16)15-21-11-13-22(14-12-21)19-6-4-3-5-18(19)20/h3-10H,2,11-15H2,1H3/p+1. The number of rotatable bonds is 4. The first-order valence-electron chi connectivity index (χ1n) is 8.17. The molecule has 1 heterocycles. The van der Waals surface area contributed by atoms with Gasteiger partial charge in [0.1, 0.15) is 12.4 Å². The van der Waals surface area contributed by atoms with Gasteiger partial charge in [0.15, 0.2) is 0 Å². The maximum absolute atomic E-state index is 13.8. The predicted octanol–water partition coefficient (Wildman–Crippen LogP) is 2.29. The molecule has 0 amide bonds. The highest BCUT2D eigenvalue weighted by molar-refractivity contribution is 5.47. The van der Waals surface area contributed by atoms with E-state index < -0.39 is 0 Å². The van der Waals surface area contributed by atoms with Crippen molar-refractivity contribution in [3.05, 3.63) is 65.5 Å². The van der Waals surface area contributed by atoms with Crippen molar-refractivity contribution < 1.29 is 9.29 Å². The van der Waals surface area contributed by atoms with E-state index in [2.05, 4.69) is 36.1 Å². The first-order chi connectivity index (χ1) is 10.8. The molecule has 2 nitrogen and oxygen atoms in total. The van der Waals surface area contributed by atoms with E-state index >= 15 is 0 Å². The Morgan fingerprint density at radius 1 is 0.955 bits per heavy atom. The van der Waals surface area contributed by atoms with Crippen LogP contribution in [0.3, 0.4) is 0 Å². The molecule has 3 rings (SSSR count). The highest BCUT2D eigenvalue weighted by Gasteiger charge is 2.21. The van der Waals surface area contributed by atoms with Crippen LogP contribution in [-0.4, -0.2) is 26.2 Å².